The summed E-state index contributed by atoms with van der Waals surface area (Å²) in [5.41, 5.74) is -1.62. The monoisotopic (exact) mass is 307 g/mol. The van der Waals surface area contributed by atoms with Gasteiger partial charge in [-0.1, -0.05) is 0 Å². The van der Waals surface area contributed by atoms with Crippen molar-refractivity contribution in [2.45, 2.75) is 52.7 Å². The second kappa shape index (κ2) is 6.59. The third-order valence-electron chi connectivity index (χ3n) is 0.782. The normalized spacial score (nSPS) is 16.6. The molecular weight excluding hydrogens is 286 g/mol. The fraction of sp³-hybridized carbons (Fsp3) is 1.00. The van der Waals surface area contributed by atoms with Crippen LogP contribution in [-0.4, -0.2) is 25.9 Å². The van der Waals surface area contributed by atoms with Crippen molar-refractivity contribution in [1.29, 1.82) is 0 Å². The van der Waals surface area contributed by atoms with Gasteiger partial charge in [-0.2, -0.15) is 0 Å². The average molecular weight is 307 g/mol. The second-order valence-corrected chi connectivity index (χ2v) is 7.65. The van der Waals surface area contributed by atoms with E-state index >= 15 is 0 Å². The van der Waals surface area contributed by atoms with E-state index in [1.807, 2.05) is 0 Å². The fourth-order valence-corrected chi connectivity index (χ4v) is 2.11. The van der Waals surface area contributed by atoms with E-state index in [-0.39, 0.29) is 0 Å². The molecule has 0 fully saturated rings. The van der Waals surface area contributed by atoms with Gasteiger partial charge in [0.2, 0.25) is 0 Å². The van der Waals surface area contributed by atoms with Crippen LogP contribution in [0.2, 0.25) is 0 Å². The van der Waals surface area contributed by atoms with Crippen molar-refractivity contribution >= 4 is 15.6 Å². The van der Waals surface area contributed by atoms with E-state index in [0.29, 0.717) is 0 Å². The van der Waals surface area contributed by atoms with Gasteiger partial charge in [-0.15, -0.1) is 0 Å². The molecule has 1 unspecified atom stereocenters. The molecule has 10 heteroatoms. The molecule has 0 aliphatic carbocycles. The lowest BCUT2D eigenvalue weighted by molar-refractivity contribution is -0.228. The van der Waals surface area contributed by atoms with E-state index in [1.165, 1.54) is 20.8 Å². The quantitative estimate of drug-likeness (QED) is 0.646. The van der Waals surface area contributed by atoms with Crippen LogP contribution in [0.5, 0.6) is 0 Å². The molecule has 0 saturated heterocycles. The molecule has 0 amide bonds. The van der Waals surface area contributed by atoms with E-state index in [4.69, 9.17) is 14.7 Å². The summed E-state index contributed by atoms with van der Waals surface area (Å²) in [5, 5.41) is 0. The van der Waals surface area contributed by atoms with E-state index in [9.17, 15) is 14.0 Å². The lowest BCUT2D eigenvalue weighted by Crippen LogP contribution is -2.20. The summed E-state index contributed by atoms with van der Waals surface area (Å²) >= 11 is 0. The zero-order valence-electron chi connectivity index (χ0n) is 11.3. The number of hydrogen-bond donors (Lipinski definition) is 3. The molecule has 3 N–H and O–H groups in total. The topological polar surface area (TPSA) is 136 Å². The van der Waals surface area contributed by atoms with Crippen molar-refractivity contribution in [3.63, 3.8) is 0 Å². The molecule has 0 aromatic heterocycles. The minimum absolute atomic E-state index is 0.779. The molecular formula is C8H21O8P2-. The molecule has 0 heterocycles. The van der Waals surface area contributed by atoms with Gasteiger partial charge in [-0.3, -0.25) is 9.09 Å². The van der Waals surface area contributed by atoms with Gasteiger partial charge in [0.15, 0.2) is 0 Å². The molecule has 0 spiro atoms. The smallest absolute Gasteiger partial charge is 0.470 e. The molecule has 0 aliphatic rings. The van der Waals surface area contributed by atoms with Gasteiger partial charge in [-0.05, 0) is 41.5 Å². The van der Waals surface area contributed by atoms with Gasteiger partial charge >= 0.3 is 7.82 Å². The van der Waals surface area contributed by atoms with E-state index in [1.54, 1.807) is 20.8 Å². The van der Waals surface area contributed by atoms with Crippen LogP contribution in [0, 0.1) is 0 Å². The molecule has 0 radical (unpaired) electrons. The zero-order valence-corrected chi connectivity index (χ0v) is 13.1. The number of rotatable bonds is 2. The van der Waals surface area contributed by atoms with Gasteiger partial charge in [0, 0.05) is 0 Å². The predicted molar refractivity (Wildman–Crippen MR) is 63.5 cm³/mol. The van der Waals surface area contributed by atoms with Crippen molar-refractivity contribution < 1.29 is 37.8 Å². The molecule has 1 atom stereocenters. The lowest BCUT2D eigenvalue weighted by Gasteiger charge is -2.26. The zero-order chi connectivity index (χ0) is 15.4. The van der Waals surface area contributed by atoms with Gasteiger partial charge in [-0.25, -0.2) is 4.57 Å². The first-order chi connectivity index (χ1) is 7.41. The molecule has 0 saturated carbocycles. The summed E-state index contributed by atoms with van der Waals surface area (Å²) in [4.78, 5) is 34.6. The third kappa shape index (κ3) is 25.2. The SMILES string of the molecule is CC(C)(C)OP(=O)(O)O.CC(C)(C)OP(=O)([O-])O. The summed E-state index contributed by atoms with van der Waals surface area (Å²) in [5.74, 6) is 0. The fourth-order valence-electron chi connectivity index (χ4n) is 0.703. The Hall–Kier alpha value is 0.220. The van der Waals surface area contributed by atoms with Crippen molar-refractivity contribution in [3.05, 3.63) is 0 Å². The van der Waals surface area contributed by atoms with Crippen LogP contribution >= 0.6 is 15.6 Å². The second-order valence-electron chi connectivity index (χ2n) is 5.37. The molecule has 0 rings (SSSR count). The molecule has 112 valence electrons. The Morgan fingerprint density at radius 2 is 1.11 bits per heavy atom. The van der Waals surface area contributed by atoms with Gasteiger partial charge in [0.05, 0.1) is 11.2 Å². The van der Waals surface area contributed by atoms with Gasteiger partial charge in [0.1, 0.15) is 0 Å². The maximum Gasteiger partial charge on any atom is 0.470 e. The number of phosphoric acid groups is 2. The third-order valence-corrected chi connectivity index (χ3v) is 2.35. The van der Waals surface area contributed by atoms with Crippen LogP contribution in [0.3, 0.4) is 0 Å². The largest absolute Gasteiger partial charge is 0.756 e. The van der Waals surface area contributed by atoms with Crippen molar-refractivity contribution in [2.75, 3.05) is 0 Å². The Bertz CT molecular complexity index is 294. The number of hydrogen-bond acceptors (Lipinski definition) is 5. The highest BCUT2D eigenvalue weighted by molar-refractivity contribution is 7.46. The summed E-state index contributed by atoms with van der Waals surface area (Å²) in [6.07, 6.45) is 0. The maximum atomic E-state index is 10.1. The Morgan fingerprint density at radius 3 is 1.11 bits per heavy atom. The molecule has 18 heavy (non-hydrogen) atoms. The van der Waals surface area contributed by atoms with Crippen LogP contribution in [0.15, 0.2) is 0 Å². The van der Waals surface area contributed by atoms with Gasteiger partial charge < -0.3 is 24.1 Å². The summed E-state index contributed by atoms with van der Waals surface area (Å²) in [7, 11) is -8.82. The Kier molecular flexibility index (Phi) is 7.52. The Balaban J connectivity index is 0. The highest BCUT2D eigenvalue weighted by Gasteiger charge is 2.23. The highest BCUT2D eigenvalue weighted by atomic mass is 31.2. The van der Waals surface area contributed by atoms with Crippen LogP contribution in [-0.2, 0) is 18.2 Å². The summed E-state index contributed by atoms with van der Waals surface area (Å²) < 4.78 is 28.6. The minimum Gasteiger partial charge on any atom is -0.756 e. The highest BCUT2D eigenvalue weighted by Crippen LogP contribution is 2.40. The van der Waals surface area contributed by atoms with Crippen LogP contribution < -0.4 is 4.89 Å². The Labute approximate surface area is 107 Å². The van der Waals surface area contributed by atoms with E-state index in [2.05, 4.69) is 9.05 Å². The summed E-state index contributed by atoms with van der Waals surface area (Å²) in [6, 6.07) is 0. The van der Waals surface area contributed by atoms with Crippen LogP contribution in [0.1, 0.15) is 41.5 Å². The standard InChI is InChI=1S/2C4H11O4P/c2*1-4(2,3)8-9(5,6)7/h2*1-3H3,(H2,5,6,7)/p-1. The van der Waals surface area contributed by atoms with Crippen molar-refractivity contribution in [3.8, 4) is 0 Å². The van der Waals surface area contributed by atoms with Gasteiger partial charge in [0.25, 0.3) is 7.82 Å². The minimum atomic E-state index is -4.54. The lowest BCUT2D eigenvalue weighted by atomic mass is 10.2. The molecule has 0 bridgehead atoms. The first-order valence-corrected chi connectivity index (χ1v) is 7.95. The predicted octanol–water partition coefficient (Wildman–Crippen LogP) is 1.16. The van der Waals surface area contributed by atoms with Crippen molar-refractivity contribution in [1.82, 2.24) is 0 Å². The van der Waals surface area contributed by atoms with E-state index in [0.717, 1.165) is 0 Å². The molecule has 0 aromatic carbocycles. The average Bonchev–Trinajstić information content (AvgIpc) is 1.64. The Morgan fingerprint density at radius 1 is 0.833 bits per heavy atom. The molecule has 0 aromatic rings. The van der Waals surface area contributed by atoms with Crippen LogP contribution in [0.4, 0.5) is 0 Å². The first kappa shape index (κ1) is 20.5. The summed E-state index contributed by atoms with van der Waals surface area (Å²) in [6.45, 7) is 9.33. The molecule has 0 aliphatic heterocycles. The van der Waals surface area contributed by atoms with Crippen LogP contribution in [0.25, 0.3) is 0 Å². The number of phosphoric ester groups is 2. The first-order valence-electron chi connectivity index (χ1n) is 4.92. The van der Waals surface area contributed by atoms with E-state index < -0.39 is 26.8 Å². The molecule has 8 nitrogen and oxygen atoms in total. The maximum absolute atomic E-state index is 10.1. The van der Waals surface area contributed by atoms with Crippen molar-refractivity contribution in [2.24, 2.45) is 0 Å².